The largest absolute Gasteiger partial charge is 0.194 e. The third-order valence-electron chi connectivity index (χ3n) is 1.35. The second-order valence-corrected chi connectivity index (χ2v) is 2.01. The van der Waals surface area contributed by atoms with Crippen LogP contribution in [0.1, 0.15) is 13.3 Å². The van der Waals surface area contributed by atoms with Crippen molar-refractivity contribution in [1.82, 2.24) is 0 Å². The fourth-order valence-corrected chi connectivity index (χ4v) is 0.636. The Morgan fingerprint density at radius 3 is 2.38 bits per heavy atom. The summed E-state index contributed by atoms with van der Waals surface area (Å²) < 4.78 is 0. The van der Waals surface area contributed by atoms with E-state index in [1.54, 1.807) is 6.92 Å². The number of hydroxylamine groups is 3. The average molecular weight is 118 g/mol. The van der Waals surface area contributed by atoms with Crippen molar-refractivity contribution < 1.29 is 20.2 Å². The molecule has 0 aromatic carbocycles. The molecular weight excluding hydrogens is 110 g/mol. The van der Waals surface area contributed by atoms with E-state index in [9.17, 15) is 10.4 Å². The molecule has 46 valence electrons. The van der Waals surface area contributed by atoms with Crippen LogP contribution < -0.4 is 0 Å². The second kappa shape index (κ2) is 1.66. The van der Waals surface area contributed by atoms with Gasteiger partial charge in [-0.2, -0.15) is 0 Å². The maximum absolute atomic E-state index is 10.4. The summed E-state index contributed by atoms with van der Waals surface area (Å²) in [6.07, 6.45) is 0.576. The molecule has 1 heterocycles. The zero-order valence-corrected chi connectivity index (χ0v) is 4.66. The van der Waals surface area contributed by atoms with Crippen LogP contribution in [-0.4, -0.2) is 17.6 Å². The lowest BCUT2D eigenvalue weighted by molar-refractivity contribution is -1.40. The highest BCUT2D eigenvalue weighted by molar-refractivity contribution is 4.46. The smallest absolute Gasteiger partial charge is 0.126 e. The summed E-state index contributed by atoms with van der Waals surface area (Å²) in [5.41, 5.74) is 0. The Hall–Kier alpha value is -0.160. The van der Waals surface area contributed by atoms with Crippen LogP contribution in [0.4, 0.5) is 0 Å². The van der Waals surface area contributed by atoms with Gasteiger partial charge in [-0.1, -0.05) is 0 Å². The Morgan fingerprint density at radius 2 is 2.25 bits per heavy atom. The maximum atomic E-state index is 10.4. The minimum absolute atomic E-state index is 0.300. The van der Waals surface area contributed by atoms with E-state index in [2.05, 4.69) is 4.84 Å². The highest BCUT2D eigenvalue weighted by Gasteiger charge is 2.45. The van der Waals surface area contributed by atoms with Crippen molar-refractivity contribution in [2.24, 2.45) is 0 Å². The molecule has 1 fully saturated rings. The lowest BCUT2D eigenvalue weighted by Gasteiger charge is -2.06. The van der Waals surface area contributed by atoms with Crippen molar-refractivity contribution in [2.45, 2.75) is 19.4 Å². The SMILES string of the molecule is CC1CCO[N+]1([O])[O]. The van der Waals surface area contributed by atoms with Crippen LogP contribution in [0.2, 0.25) is 0 Å². The third-order valence-corrected chi connectivity index (χ3v) is 1.35. The number of quaternary nitrogens is 1. The van der Waals surface area contributed by atoms with Crippen molar-refractivity contribution in [1.29, 1.82) is 0 Å². The first-order valence-corrected chi connectivity index (χ1v) is 2.58. The first kappa shape index (κ1) is 5.97. The predicted molar refractivity (Wildman–Crippen MR) is 21.7 cm³/mol. The van der Waals surface area contributed by atoms with E-state index in [4.69, 9.17) is 0 Å². The van der Waals surface area contributed by atoms with Crippen LogP contribution in [0.3, 0.4) is 0 Å². The lowest BCUT2D eigenvalue weighted by Crippen LogP contribution is -2.39. The van der Waals surface area contributed by atoms with E-state index in [-0.39, 0.29) is 0 Å². The first-order valence-electron chi connectivity index (χ1n) is 2.58. The van der Waals surface area contributed by atoms with Gasteiger partial charge < -0.3 is 0 Å². The molecule has 4 heteroatoms. The van der Waals surface area contributed by atoms with E-state index in [0.29, 0.717) is 13.0 Å². The van der Waals surface area contributed by atoms with Crippen LogP contribution in [0.5, 0.6) is 0 Å². The summed E-state index contributed by atoms with van der Waals surface area (Å²) in [5.74, 6) is 0. The fourth-order valence-electron chi connectivity index (χ4n) is 0.636. The van der Waals surface area contributed by atoms with Crippen molar-refractivity contribution in [2.75, 3.05) is 6.61 Å². The van der Waals surface area contributed by atoms with Crippen LogP contribution in [0.15, 0.2) is 0 Å². The predicted octanol–water partition coefficient (Wildman–Crippen LogP) is 0.218. The molecule has 1 unspecified atom stereocenters. The molecule has 0 aliphatic carbocycles. The number of nitrogens with zero attached hydrogens (tertiary/aromatic N) is 1. The van der Waals surface area contributed by atoms with Crippen LogP contribution in [0.25, 0.3) is 0 Å². The van der Waals surface area contributed by atoms with Gasteiger partial charge in [-0.25, -0.2) is 0 Å². The van der Waals surface area contributed by atoms with Gasteiger partial charge >= 0.3 is 0 Å². The summed E-state index contributed by atoms with van der Waals surface area (Å²) in [4.78, 5) is 2.52. The molecule has 1 rings (SSSR count). The minimum atomic E-state index is -1.76. The van der Waals surface area contributed by atoms with Gasteiger partial charge in [0, 0.05) is 6.42 Å². The van der Waals surface area contributed by atoms with Crippen molar-refractivity contribution in [3.63, 3.8) is 0 Å². The zero-order chi connectivity index (χ0) is 6.20. The monoisotopic (exact) mass is 118 g/mol. The molecule has 0 N–H and O–H groups in total. The van der Waals surface area contributed by atoms with Gasteiger partial charge in [-0.15, -0.1) is 4.84 Å². The quantitative estimate of drug-likeness (QED) is 0.419. The zero-order valence-electron chi connectivity index (χ0n) is 4.66. The molecule has 0 spiro atoms. The summed E-state index contributed by atoms with van der Waals surface area (Å²) in [6, 6.07) is -0.435. The maximum Gasteiger partial charge on any atom is 0.194 e. The Kier molecular flexibility index (Phi) is 1.24. The van der Waals surface area contributed by atoms with Gasteiger partial charge in [-0.3, -0.25) is 0 Å². The molecule has 0 amide bonds. The first-order chi connectivity index (χ1) is 3.63. The molecule has 1 atom stereocenters. The number of hydrogen-bond donors (Lipinski definition) is 0. The topological polar surface area (TPSA) is 49.0 Å². The molecule has 0 bridgehead atoms. The van der Waals surface area contributed by atoms with Gasteiger partial charge in [0.1, 0.15) is 17.0 Å². The van der Waals surface area contributed by atoms with E-state index >= 15 is 0 Å². The Bertz CT molecular complexity index is 93.3. The summed E-state index contributed by atoms with van der Waals surface area (Å²) in [7, 11) is 0. The van der Waals surface area contributed by atoms with Crippen molar-refractivity contribution in [3.05, 3.63) is 0 Å². The molecular formula is C4H8NO3+. The summed E-state index contributed by atoms with van der Waals surface area (Å²) in [6.45, 7) is 1.89. The number of hydrogen-bond acceptors (Lipinski definition) is 1. The van der Waals surface area contributed by atoms with Crippen LogP contribution >= 0.6 is 0 Å². The molecule has 8 heavy (non-hydrogen) atoms. The third kappa shape index (κ3) is 0.830. The Labute approximate surface area is 47.4 Å². The van der Waals surface area contributed by atoms with Gasteiger partial charge in [0.2, 0.25) is 0 Å². The van der Waals surface area contributed by atoms with E-state index < -0.39 is 11.0 Å². The van der Waals surface area contributed by atoms with Gasteiger partial charge in [0.05, 0.1) is 0 Å². The van der Waals surface area contributed by atoms with Gasteiger partial charge in [-0.05, 0) is 6.92 Å². The molecule has 1 aliphatic rings. The molecule has 0 saturated carbocycles. The lowest BCUT2D eigenvalue weighted by atomic mass is 10.3. The molecule has 0 aromatic rings. The molecule has 4 nitrogen and oxygen atoms in total. The highest BCUT2D eigenvalue weighted by atomic mass is 17.1. The molecule has 1 aliphatic heterocycles. The van der Waals surface area contributed by atoms with E-state index in [1.165, 1.54) is 0 Å². The normalized spacial score (nSPS) is 35.6. The van der Waals surface area contributed by atoms with Crippen LogP contribution in [0, 0.1) is 0 Å². The Morgan fingerprint density at radius 1 is 1.62 bits per heavy atom. The average Bonchev–Trinajstić information content (AvgIpc) is 1.86. The number of rotatable bonds is 0. The molecule has 1 saturated heterocycles. The fraction of sp³-hybridized carbons (Fsp3) is 1.00. The summed E-state index contributed by atoms with van der Waals surface area (Å²) in [5, 5.41) is 20.8. The van der Waals surface area contributed by atoms with Crippen molar-refractivity contribution >= 4 is 0 Å². The molecule has 0 aromatic heterocycles. The van der Waals surface area contributed by atoms with Gasteiger partial charge in [0.15, 0.2) is 11.0 Å². The van der Waals surface area contributed by atoms with Crippen molar-refractivity contribution in [3.8, 4) is 0 Å². The van der Waals surface area contributed by atoms with E-state index in [0.717, 1.165) is 0 Å². The summed E-state index contributed by atoms with van der Waals surface area (Å²) >= 11 is 0. The minimum Gasteiger partial charge on any atom is -0.126 e. The van der Waals surface area contributed by atoms with Gasteiger partial charge in [0.25, 0.3) is 0 Å². The second-order valence-electron chi connectivity index (χ2n) is 2.01. The Balaban J connectivity index is 2.54. The standard InChI is InChI=1S/C4H8NO3/c1-4-2-3-8-5(4,6)7/h4H,2-3H2,1H3/q+1. The highest BCUT2D eigenvalue weighted by Crippen LogP contribution is 2.18. The van der Waals surface area contributed by atoms with E-state index in [1.807, 2.05) is 0 Å². The molecule has 2 radical (unpaired) electrons. The van der Waals surface area contributed by atoms with Crippen LogP contribution in [-0.2, 0) is 15.3 Å².